The predicted molar refractivity (Wildman–Crippen MR) is 45.9 cm³/mol. The van der Waals surface area contributed by atoms with Crippen molar-refractivity contribution in [3.63, 3.8) is 0 Å². The Labute approximate surface area is 75.3 Å². The second kappa shape index (κ2) is 4.18. The van der Waals surface area contributed by atoms with Crippen molar-refractivity contribution >= 4 is 0 Å². The summed E-state index contributed by atoms with van der Waals surface area (Å²) >= 11 is 0. The van der Waals surface area contributed by atoms with Gasteiger partial charge in [0.05, 0.1) is 13.2 Å². The van der Waals surface area contributed by atoms with Crippen molar-refractivity contribution in [1.82, 2.24) is 0 Å². The van der Waals surface area contributed by atoms with E-state index in [1.807, 2.05) is 0 Å². The molecule has 0 aromatic heterocycles. The molecule has 1 atom stereocenters. The molecule has 0 amide bonds. The Balaban J connectivity index is 2.95. The topological polar surface area (TPSA) is 35.2 Å². The molecule has 0 aliphatic heterocycles. The highest BCUT2D eigenvalue weighted by Gasteiger charge is 2.08. The van der Waals surface area contributed by atoms with Crippen molar-refractivity contribution in [3.05, 3.63) is 29.6 Å². The Hall–Kier alpha value is -1.16. The number of halogens is 2. The standard InChI is InChI=1S/C9H11F2NO/c1-13-9-3-2-6(4-7(9)11)8(12)5-10/h2-4,8H,5,12H2,1H3/t8-/m0/s1. The van der Waals surface area contributed by atoms with Crippen LogP contribution in [0.15, 0.2) is 18.2 Å². The number of rotatable bonds is 3. The molecule has 72 valence electrons. The van der Waals surface area contributed by atoms with Crippen molar-refractivity contribution in [2.75, 3.05) is 13.8 Å². The van der Waals surface area contributed by atoms with Crippen LogP contribution in [0.5, 0.6) is 5.75 Å². The third kappa shape index (κ3) is 2.15. The predicted octanol–water partition coefficient (Wildman–Crippen LogP) is 1.80. The Morgan fingerprint density at radius 2 is 2.23 bits per heavy atom. The Bertz CT molecular complexity index is 291. The molecule has 0 aliphatic rings. The fourth-order valence-electron chi connectivity index (χ4n) is 1.00. The Kier molecular flexibility index (Phi) is 3.19. The van der Waals surface area contributed by atoms with Gasteiger partial charge in [-0.05, 0) is 17.7 Å². The summed E-state index contributed by atoms with van der Waals surface area (Å²) in [4.78, 5) is 0. The molecule has 0 aliphatic carbocycles. The van der Waals surface area contributed by atoms with Gasteiger partial charge in [0.2, 0.25) is 0 Å². The summed E-state index contributed by atoms with van der Waals surface area (Å²) in [7, 11) is 1.37. The first kappa shape index (κ1) is 9.92. The smallest absolute Gasteiger partial charge is 0.165 e. The van der Waals surface area contributed by atoms with E-state index < -0.39 is 18.5 Å². The summed E-state index contributed by atoms with van der Waals surface area (Å²) in [6, 6.07) is 3.40. The monoisotopic (exact) mass is 187 g/mol. The second-order valence-electron chi connectivity index (χ2n) is 2.65. The van der Waals surface area contributed by atoms with Crippen LogP contribution in [-0.4, -0.2) is 13.8 Å². The van der Waals surface area contributed by atoms with E-state index in [9.17, 15) is 8.78 Å². The van der Waals surface area contributed by atoms with Gasteiger partial charge in [0.15, 0.2) is 11.6 Å². The minimum atomic E-state index is -0.764. The zero-order valence-electron chi connectivity index (χ0n) is 7.26. The molecule has 1 rings (SSSR count). The van der Waals surface area contributed by atoms with Crippen molar-refractivity contribution < 1.29 is 13.5 Å². The van der Waals surface area contributed by atoms with Gasteiger partial charge in [0.25, 0.3) is 0 Å². The summed E-state index contributed by atoms with van der Waals surface area (Å²) in [6.07, 6.45) is 0. The largest absolute Gasteiger partial charge is 0.494 e. The number of hydrogen-bond acceptors (Lipinski definition) is 2. The van der Waals surface area contributed by atoms with Crippen LogP contribution in [0.1, 0.15) is 11.6 Å². The summed E-state index contributed by atoms with van der Waals surface area (Å²) in [5.74, 6) is -0.390. The van der Waals surface area contributed by atoms with E-state index in [-0.39, 0.29) is 5.75 Å². The summed E-state index contributed by atoms with van der Waals surface area (Å²) in [5.41, 5.74) is 5.80. The fourth-order valence-corrected chi connectivity index (χ4v) is 1.00. The molecule has 2 N–H and O–H groups in total. The molecular formula is C9H11F2NO. The van der Waals surface area contributed by atoms with Crippen LogP contribution in [0.4, 0.5) is 8.78 Å². The maximum Gasteiger partial charge on any atom is 0.165 e. The molecule has 13 heavy (non-hydrogen) atoms. The van der Waals surface area contributed by atoms with E-state index >= 15 is 0 Å². The highest BCUT2D eigenvalue weighted by atomic mass is 19.1. The van der Waals surface area contributed by atoms with E-state index in [1.165, 1.54) is 19.2 Å². The first-order valence-corrected chi connectivity index (χ1v) is 3.84. The molecule has 0 heterocycles. The van der Waals surface area contributed by atoms with Crippen LogP contribution in [-0.2, 0) is 0 Å². The van der Waals surface area contributed by atoms with E-state index in [0.29, 0.717) is 5.56 Å². The van der Waals surface area contributed by atoms with E-state index in [2.05, 4.69) is 0 Å². The normalized spacial score (nSPS) is 12.6. The van der Waals surface area contributed by atoms with E-state index in [4.69, 9.17) is 10.5 Å². The second-order valence-corrected chi connectivity index (χ2v) is 2.65. The van der Waals surface area contributed by atoms with Crippen molar-refractivity contribution in [2.24, 2.45) is 5.73 Å². The average Bonchev–Trinajstić information content (AvgIpc) is 2.16. The van der Waals surface area contributed by atoms with E-state index in [1.54, 1.807) is 6.07 Å². The number of alkyl halides is 1. The lowest BCUT2D eigenvalue weighted by molar-refractivity contribution is 0.384. The van der Waals surface area contributed by atoms with Crippen molar-refractivity contribution in [3.8, 4) is 5.75 Å². The summed E-state index contributed by atoms with van der Waals surface area (Å²) in [5, 5.41) is 0. The fraction of sp³-hybridized carbons (Fsp3) is 0.333. The lowest BCUT2D eigenvalue weighted by Crippen LogP contribution is -2.12. The van der Waals surface area contributed by atoms with Gasteiger partial charge in [-0.2, -0.15) is 0 Å². The summed E-state index contributed by atoms with van der Waals surface area (Å²) in [6.45, 7) is -0.703. The molecule has 1 aromatic carbocycles. The van der Waals surface area contributed by atoms with Gasteiger partial charge in [-0.3, -0.25) is 0 Å². The third-order valence-electron chi connectivity index (χ3n) is 1.77. The zero-order chi connectivity index (χ0) is 9.84. The Morgan fingerprint density at radius 1 is 1.54 bits per heavy atom. The van der Waals surface area contributed by atoms with Crippen LogP contribution < -0.4 is 10.5 Å². The molecular weight excluding hydrogens is 176 g/mol. The first-order valence-electron chi connectivity index (χ1n) is 3.84. The first-order chi connectivity index (χ1) is 6.19. The van der Waals surface area contributed by atoms with Crippen molar-refractivity contribution in [1.29, 1.82) is 0 Å². The zero-order valence-corrected chi connectivity index (χ0v) is 7.26. The molecule has 1 aromatic rings. The summed E-state index contributed by atoms with van der Waals surface area (Å²) < 4.78 is 29.9. The van der Waals surface area contributed by atoms with Gasteiger partial charge in [-0.1, -0.05) is 6.07 Å². The van der Waals surface area contributed by atoms with E-state index in [0.717, 1.165) is 0 Å². The Morgan fingerprint density at radius 3 is 2.69 bits per heavy atom. The van der Waals surface area contributed by atoms with Crippen LogP contribution in [0.3, 0.4) is 0 Å². The molecule has 0 saturated heterocycles. The van der Waals surface area contributed by atoms with Crippen LogP contribution in [0.2, 0.25) is 0 Å². The third-order valence-corrected chi connectivity index (χ3v) is 1.77. The van der Waals surface area contributed by atoms with Gasteiger partial charge < -0.3 is 10.5 Å². The molecule has 0 saturated carbocycles. The van der Waals surface area contributed by atoms with Gasteiger partial charge in [0.1, 0.15) is 6.67 Å². The van der Waals surface area contributed by atoms with Crippen LogP contribution in [0.25, 0.3) is 0 Å². The molecule has 4 heteroatoms. The minimum absolute atomic E-state index is 0.134. The van der Waals surface area contributed by atoms with Gasteiger partial charge in [-0.15, -0.1) is 0 Å². The minimum Gasteiger partial charge on any atom is -0.494 e. The molecule has 0 bridgehead atoms. The number of ether oxygens (including phenoxy) is 1. The molecule has 0 radical (unpaired) electrons. The lowest BCUT2D eigenvalue weighted by Gasteiger charge is -2.08. The molecule has 2 nitrogen and oxygen atoms in total. The average molecular weight is 187 g/mol. The van der Waals surface area contributed by atoms with Crippen molar-refractivity contribution in [2.45, 2.75) is 6.04 Å². The van der Waals surface area contributed by atoms with Gasteiger partial charge in [0, 0.05) is 0 Å². The van der Waals surface area contributed by atoms with Crippen LogP contribution in [0, 0.1) is 5.82 Å². The van der Waals surface area contributed by atoms with Gasteiger partial charge in [-0.25, -0.2) is 8.78 Å². The van der Waals surface area contributed by atoms with Crippen LogP contribution >= 0.6 is 0 Å². The quantitative estimate of drug-likeness (QED) is 0.783. The highest BCUT2D eigenvalue weighted by molar-refractivity contribution is 5.30. The molecule has 0 unspecified atom stereocenters. The number of benzene rings is 1. The molecule has 0 spiro atoms. The van der Waals surface area contributed by atoms with Gasteiger partial charge >= 0.3 is 0 Å². The maximum atomic E-state index is 13.0. The number of nitrogens with two attached hydrogens (primary N) is 1. The molecule has 0 fully saturated rings. The maximum absolute atomic E-state index is 13.0. The SMILES string of the molecule is COc1ccc([C@@H](N)CF)cc1F. The number of hydrogen-bond donors (Lipinski definition) is 1. The lowest BCUT2D eigenvalue weighted by atomic mass is 10.1. The highest BCUT2D eigenvalue weighted by Crippen LogP contribution is 2.20. The number of methoxy groups -OCH3 is 1.